The molecule has 0 aliphatic heterocycles. The number of hydrogen-bond acceptors (Lipinski definition) is 4. The summed E-state index contributed by atoms with van der Waals surface area (Å²) in [6.07, 6.45) is 1.60. The fraction of sp³-hybridized carbons (Fsp3) is 0.105. The van der Waals surface area contributed by atoms with Gasteiger partial charge in [-0.3, -0.25) is 9.59 Å². The molecule has 5 nitrogen and oxygen atoms in total. The zero-order chi connectivity index (χ0) is 17.6. The van der Waals surface area contributed by atoms with E-state index in [9.17, 15) is 9.59 Å². The van der Waals surface area contributed by atoms with E-state index in [0.29, 0.717) is 5.56 Å². The van der Waals surface area contributed by atoms with Crippen molar-refractivity contribution in [1.29, 1.82) is 0 Å². The molecule has 0 unspecified atom stereocenters. The molecule has 0 saturated heterocycles. The summed E-state index contributed by atoms with van der Waals surface area (Å²) in [7, 11) is 0. The van der Waals surface area contributed by atoms with Gasteiger partial charge in [-0.2, -0.15) is 5.10 Å². The third kappa shape index (κ3) is 4.10. The molecule has 0 spiro atoms. The summed E-state index contributed by atoms with van der Waals surface area (Å²) in [6, 6.07) is 15.1. The number of carbonyl (C=O) groups excluding carboxylic acids is 2. The van der Waals surface area contributed by atoms with Crippen molar-refractivity contribution in [3.63, 3.8) is 0 Å². The van der Waals surface area contributed by atoms with Crippen molar-refractivity contribution in [3.8, 4) is 0 Å². The number of hydrogen-bond donors (Lipinski definition) is 2. The summed E-state index contributed by atoms with van der Waals surface area (Å²) in [5, 5.41) is 10.3. The molecule has 0 radical (unpaired) electrons. The highest BCUT2D eigenvalue weighted by atomic mass is 32.1. The van der Waals surface area contributed by atoms with E-state index in [1.807, 2.05) is 54.8 Å². The number of nitrogens with one attached hydrogen (secondary N) is 2. The molecule has 2 amide bonds. The van der Waals surface area contributed by atoms with Gasteiger partial charge in [0.15, 0.2) is 0 Å². The summed E-state index contributed by atoms with van der Waals surface area (Å²) in [4.78, 5) is 25.1. The average molecular weight is 351 g/mol. The minimum absolute atomic E-state index is 0.136. The molecule has 0 bridgehead atoms. The minimum Gasteiger partial charge on any atom is -0.343 e. The number of fused-ring (bicyclic) bond motifs is 1. The van der Waals surface area contributed by atoms with Crippen LogP contribution < -0.4 is 10.7 Å². The molecule has 0 fully saturated rings. The van der Waals surface area contributed by atoms with Crippen LogP contribution in [0, 0.1) is 6.92 Å². The van der Waals surface area contributed by atoms with Gasteiger partial charge in [0.2, 0.25) is 0 Å². The van der Waals surface area contributed by atoms with E-state index in [-0.39, 0.29) is 18.4 Å². The Bertz CT molecular complexity index is 941. The lowest BCUT2D eigenvalue weighted by Crippen LogP contribution is -2.35. The summed E-state index contributed by atoms with van der Waals surface area (Å²) in [5.74, 6) is -0.663. The van der Waals surface area contributed by atoms with Crippen LogP contribution in [0.25, 0.3) is 10.8 Å². The lowest BCUT2D eigenvalue weighted by molar-refractivity contribution is -0.120. The third-order valence-corrected chi connectivity index (χ3v) is 4.67. The highest BCUT2D eigenvalue weighted by Crippen LogP contribution is 2.18. The molecule has 6 heteroatoms. The van der Waals surface area contributed by atoms with Gasteiger partial charge in [-0.25, -0.2) is 5.43 Å². The standard InChI is InChI=1S/C19H17N3O2S/c1-13-9-10-25-17(13)11-21-22-18(23)12-20-19(24)16-8-4-6-14-5-2-3-7-15(14)16/h2-11H,12H2,1H3,(H,20,24)(H,22,23). The summed E-state index contributed by atoms with van der Waals surface area (Å²) in [6.45, 7) is 1.84. The van der Waals surface area contributed by atoms with E-state index >= 15 is 0 Å². The Morgan fingerprint density at radius 2 is 1.92 bits per heavy atom. The lowest BCUT2D eigenvalue weighted by Gasteiger charge is -2.07. The summed E-state index contributed by atoms with van der Waals surface area (Å²) >= 11 is 1.55. The van der Waals surface area contributed by atoms with Crippen LogP contribution in [-0.4, -0.2) is 24.6 Å². The van der Waals surface area contributed by atoms with E-state index < -0.39 is 0 Å². The number of carbonyl (C=O) groups is 2. The molecule has 2 N–H and O–H groups in total. The monoisotopic (exact) mass is 351 g/mol. The molecular formula is C19H17N3O2S. The summed E-state index contributed by atoms with van der Waals surface area (Å²) in [5.41, 5.74) is 4.06. The van der Waals surface area contributed by atoms with Gasteiger partial charge in [0, 0.05) is 10.4 Å². The van der Waals surface area contributed by atoms with Crippen LogP contribution in [-0.2, 0) is 4.79 Å². The highest BCUT2D eigenvalue weighted by Gasteiger charge is 2.10. The van der Waals surface area contributed by atoms with Crippen LogP contribution in [0.3, 0.4) is 0 Å². The highest BCUT2D eigenvalue weighted by molar-refractivity contribution is 7.11. The Morgan fingerprint density at radius 1 is 1.12 bits per heavy atom. The van der Waals surface area contributed by atoms with Gasteiger partial charge < -0.3 is 5.32 Å². The van der Waals surface area contributed by atoms with Crippen molar-refractivity contribution in [3.05, 3.63) is 69.9 Å². The number of benzene rings is 2. The zero-order valence-electron chi connectivity index (χ0n) is 13.7. The molecule has 0 atom stereocenters. The fourth-order valence-electron chi connectivity index (χ4n) is 2.40. The van der Waals surface area contributed by atoms with Gasteiger partial charge in [0.05, 0.1) is 12.8 Å². The van der Waals surface area contributed by atoms with E-state index in [0.717, 1.165) is 21.2 Å². The van der Waals surface area contributed by atoms with E-state index in [4.69, 9.17) is 0 Å². The van der Waals surface area contributed by atoms with Gasteiger partial charge in [0.1, 0.15) is 0 Å². The molecule has 0 saturated carbocycles. The fourth-order valence-corrected chi connectivity index (χ4v) is 3.18. The van der Waals surface area contributed by atoms with Gasteiger partial charge in [0.25, 0.3) is 11.8 Å². The molecule has 126 valence electrons. The molecule has 3 rings (SSSR count). The molecule has 3 aromatic rings. The first-order valence-electron chi connectivity index (χ1n) is 7.77. The van der Waals surface area contributed by atoms with Crippen molar-refractivity contribution >= 4 is 40.1 Å². The molecule has 0 aliphatic carbocycles. The maximum Gasteiger partial charge on any atom is 0.259 e. The Labute approximate surface area is 149 Å². The number of amides is 2. The van der Waals surface area contributed by atoms with Crippen molar-refractivity contribution in [2.24, 2.45) is 5.10 Å². The molecule has 1 heterocycles. The largest absolute Gasteiger partial charge is 0.343 e. The predicted molar refractivity (Wildman–Crippen MR) is 101 cm³/mol. The first-order chi connectivity index (χ1) is 12.1. The maximum atomic E-state index is 12.3. The van der Waals surface area contributed by atoms with Gasteiger partial charge >= 0.3 is 0 Å². The average Bonchev–Trinajstić information content (AvgIpc) is 3.04. The van der Waals surface area contributed by atoms with Crippen LogP contribution in [0.5, 0.6) is 0 Å². The number of nitrogens with zero attached hydrogens (tertiary/aromatic N) is 1. The van der Waals surface area contributed by atoms with Crippen LogP contribution in [0.2, 0.25) is 0 Å². The van der Waals surface area contributed by atoms with E-state index in [1.165, 1.54) is 0 Å². The molecule has 2 aromatic carbocycles. The Kier molecular flexibility index (Phi) is 5.20. The quantitative estimate of drug-likeness (QED) is 0.548. The van der Waals surface area contributed by atoms with Crippen LogP contribution >= 0.6 is 11.3 Å². The topological polar surface area (TPSA) is 70.6 Å². The van der Waals surface area contributed by atoms with Crippen molar-refractivity contribution < 1.29 is 9.59 Å². The number of hydrazone groups is 1. The SMILES string of the molecule is Cc1ccsc1C=NNC(=O)CNC(=O)c1cccc2ccccc12. The Balaban J connectivity index is 1.57. The zero-order valence-corrected chi connectivity index (χ0v) is 14.5. The number of rotatable bonds is 5. The van der Waals surface area contributed by atoms with Crippen LogP contribution in [0.15, 0.2) is 59.0 Å². The first kappa shape index (κ1) is 16.9. The van der Waals surface area contributed by atoms with E-state index in [1.54, 1.807) is 23.6 Å². The lowest BCUT2D eigenvalue weighted by atomic mass is 10.0. The third-order valence-electron chi connectivity index (χ3n) is 3.72. The first-order valence-corrected chi connectivity index (χ1v) is 8.65. The van der Waals surface area contributed by atoms with Gasteiger partial charge in [-0.05, 0) is 40.8 Å². The second-order valence-electron chi connectivity index (χ2n) is 5.47. The van der Waals surface area contributed by atoms with Crippen LogP contribution in [0.1, 0.15) is 20.8 Å². The van der Waals surface area contributed by atoms with Crippen LogP contribution in [0.4, 0.5) is 0 Å². The van der Waals surface area contributed by atoms with Crippen molar-refractivity contribution in [2.75, 3.05) is 6.54 Å². The van der Waals surface area contributed by atoms with Crippen molar-refractivity contribution in [1.82, 2.24) is 10.7 Å². The Hall–Kier alpha value is -2.99. The molecular weight excluding hydrogens is 334 g/mol. The Morgan fingerprint density at radius 3 is 2.72 bits per heavy atom. The van der Waals surface area contributed by atoms with Crippen molar-refractivity contribution in [2.45, 2.75) is 6.92 Å². The summed E-state index contributed by atoms with van der Waals surface area (Å²) < 4.78 is 0. The molecule has 1 aromatic heterocycles. The van der Waals surface area contributed by atoms with Gasteiger partial charge in [-0.1, -0.05) is 36.4 Å². The number of thiophene rings is 1. The molecule has 0 aliphatic rings. The molecule has 25 heavy (non-hydrogen) atoms. The second kappa shape index (κ2) is 7.72. The minimum atomic E-state index is -0.376. The predicted octanol–water partition coefficient (Wildman–Crippen LogP) is 3.09. The van der Waals surface area contributed by atoms with E-state index in [2.05, 4.69) is 15.8 Å². The maximum absolute atomic E-state index is 12.3. The number of aryl methyl sites for hydroxylation is 1. The smallest absolute Gasteiger partial charge is 0.259 e. The second-order valence-corrected chi connectivity index (χ2v) is 6.42. The normalized spacial score (nSPS) is 10.9. The van der Waals surface area contributed by atoms with Gasteiger partial charge in [-0.15, -0.1) is 11.3 Å².